The molecule has 0 unspecified atom stereocenters. The Balaban J connectivity index is 1.56. The van der Waals surface area contributed by atoms with E-state index in [-0.39, 0.29) is 11.7 Å². The van der Waals surface area contributed by atoms with E-state index in [4.69, 9.17) is 0 Å². The van der Waals surface area contributed by atoms with Crippen molar-refractivity contribution in [2.45, 2.75) is 13.3 Å². The summed E-state index contributed by atoms with van der Waals surface area (Å²) in [5, 5.41) is 9.52. The minimum atomic E-state index is -0.345. The van der Waals surface area contributed by atoms with Gasteiger partial charge in [-0.05, 0) is 6.92 Å². The van der Waals surface area contributed by atoms with Gasteiger partial charge in [0.1, 0.15) is 15.8 Å². The van der Waals surface area contributed by atoms with Crippen molar-refractivity contribution in [3.63, 3.8) is 0 Å². The fraction of sp³-hybridized carbons (Fsp3) is 0.429. The van der Waals surface area contributed by atoms with E-state index in [1.165, 1.54) is 23.6 Å². The average Bonchev–Trinajstić information content (AvgIpc) is 2.92. The number of nitrogens with zero attached hydrogens (tertiary/aromatic N) is 5. The lowest BCUT2D eigenvalue weighted by molar-refractivity contribution is -0.130. The Bertz CT molecular complexity index is 669. The molecule has 0 aliphatic carbocycles. The van der Waals surface area contributed by atoms with Gasteiger partial charge in [-0.3, -0.25) is 9.78 Å². The second kappa shape index (κ2) is 6.35. The minimum absolute atomic E-state index is 0.0631. The van der Waals surface area contributed by atoms with E-state index in [2.05, 4.69) is 15.2 Å². The Labute approximate surface area is 131 Å². The lowest BCUT2D eigenvalue weighted by Crippen LogP contribution is -2.49. The van der Waals surface area contributed by atoms with Gasteiger partial charge in [0.05, 0.1) is 24.5 Å². The minimum Gasteiger partial charge on any atom is -0.367 e. The van der Waals surface area contributed by atoms with Gasteiger partial charge in [-0.15, -0.1) is 21.5 Å². The average molecular weight is 321 g/mol. The van der Waals surface area contributed by atoms with Crippen LogP contribution in [0.2, 0.25) is 0 Å². The summed E-state index contributed by atoms with van der Waals surface area (Å²) in [4.78, 5) is 20.0. The molecule has 0 saturated carbocycles. The molecule has 3 heterocycles. The van der Waals surface area contributed by atoms with Crippen LogP contribution < -0.4 is 4.90 Å². The van der Waals surface area contributed by atoms with Gasteiger partial charge in [-0.1, -0.05) is 0 Å². The molecule has 6 nitrogen and oxygen atoms in total. The molecule has 0 bridgehead atoms. The molecule has 116 valence electrons. The standard InChI is InChI=1S/C14H16FN5OS/c1-10-17-18-13(22-10)7-14(21)20-4-2-19(3-5-20)12-6-11(15)8-16-9-12/h6,8-9H,2-5,7H2,1H3. The summed E-state index contributed by atoms with van der Waals surface area (Å²) in [5.74, 6) is -0.282. The summed E-state index contributed by atoms with van der Waals surface area (Å²) in [6.45, 7) is 4.45. The lowest BCUT2D eigenvalue weighted by Gasteiger charge is -2.35. The van der Waals surface area contributed by atoms with E-state index in [1.807, 2.05) is 16.7 Å². The lowest BCUT2D eigenvalue weighted by atomic mass is 10.2. The van der Waals surface area contributed by atoms with Crippen LogP contribution >= 0.6 is 11.3 Å². The number of aromatic nitrogens is 3. The summed E-state index contributed by atoms with van der Waals surface area (Å²) in [7, 11) is 0. The topological polar surface area (TPSA) is 62.2 Å². The van der Waals surface area contributed by atoms with E-state index in [0.717, 1.165) is 15.7 Å². The van der Waals surface area contributed by atoms with Crippen molar-refractivity contribution < 1.29 is 9.18 Å². The Morgan fingerprint density at radius 2 is 2.05 bits per heavy atom. The quantitative estimate of drug-likeness (QED) is 0.852. The molecule has 0 radical (unpaired) electrons. The number of hydrogen-bond donors (Lipinski definition) is 0. The van der Waals surface area contributed by atoms with Gasteiger partial charge in [0.25, 0.3) is 0 Å². The Kier molecular flexibility index (Phi) is 4.28. The van der Waals surface area contributed by atoms with Gasteiger partial charge >= 0.3 is 0 Å². The number of amides is 1. The van der Waals surface area contributed by atoms with Crippen LogP contribution in [0.3, 0.4) is 0 Å². The first-order chi connectivity index (χ1) is 10.6. The molecule has 2 aromatic heterocycles. The van der Waals surface area contributed by atoms with Crippen LogP contribution in [-0.2, 0) is 11.2 Å². The number of pyridine rings is 1. The first-order valence-corrected chi connectivity index (χ1v) is 7.86. The van der Waals surface area contributed by atoms with Gasteiger partial charge < -0.3 is 9.80 Å². The summed E-state index contributed by atoms with van der Waals surface area (Å²) >= 11 is 1.45. The molecule has 0 aromatic carbocycles. The van der Waals surface area contributed by atoms with E-state index < -0.39 is 0 Å². The molecule has 1 fully saturated rings. The second-order valence-electron chi connectivity index (χ2n) is 5.12. The molecule has 0 N–H and O–H groups in total. The zero-order valence-corrected chi connectivity index (χ0v) is 13.0. The molecular formula is C14H16FN5OS. The van der Waals surface area contributed by atoms with E-state index >= 15 is 0 Å². The highest BCUT2D eigenvalue weighted by Gasteiger charge is 2.22. The predicted octanol–water partition coefficient (Wildman–Crippen LogP) is 1.27. The smallest absolute Gasteiger partial charge is 0.229 e. The summed E-state index contributed by atoms with van der Waals surface area (Å²) in [6, 6.07) is 1.47. The first-order valence-electron chi connectivity index (χ1n) is 7.04. The van der Waals surface area contributed by atoms with Gasteiger partial charge in [0.2, 0.25) is 5.91 Å². The maximum Gasteiger partial charge on any atom is 0.229 e. The number of piperazine rings is 1. The maximum absolute atomic E-state index is 13.2. The third-order valence-electron chi connectivity index (χ3n) is 3.56. The molecule has 0 spiro atoms. The van der Waals surface area contributed by atoms with Crippen molar-refractivity contribution in [3.05, 3.63) is 34.3 Å². The van der Waals surface area contributed by atoms with Crippen LogP contribution in [0.1, 0.15) is 10.0 Å². The zero-order chi connectivity index (χ0) is 15.5. The van der Waals surface area contributed by atoms with Crippen LogP contribution in [0, 0.1) is 12.7 Å². The number of carbonyl (C=O) groups is 1. The number of carbonyl (C=O) groups excluding carboxylic acids is 1. The zero-order valence-electron chi connectivity index (χ0n) is 12.2. The predicted molar refractivity (Wildman–Crippen MR) is 81.3 cm³/mol. The van der Waals surface area contributed by atoms with Crippen LogP contribution in [0.15, 0.2) is 18.5 Å². The number of rotatable bonds is 3. The molecule has 0 atom stereocenters. The molecule has 1 aliphatic heterocycles. The molecule has 2 aromatic rings. The van der Waals surface area contributed by atoms with Crippen LogP contribution in [-0.4, -0.2) is 52.2 Å². The van der Waals surface area contributed by atoms with Crippen LogP contribution in [0.5, 0.6) is 0 Å². The highest BCUT2D eigenvalue weighted by atomic mass is 32.1. The second-order valence-corrected chi connectivity index (χ2v) is 6.39. The van der Waals surface area contributed by atoms with Crippen LogP contribution in [0.4, 0.5) is 10.1 Å². The van der Waals surface area contributed by atoms with E-state index in [1.54, 1.807) is 6.20 Å². The van der Waals surface area contributed by atoms with E-state index in [0.29, 0.717) is 32.6 Å². The third kappa shape index (κ3) is 3.38. The molecule has 3 rings (SSSR count). The number of anilines is 1. The van der Waals surface area contributed by atoms with Crippen molar-refractivity contribution in [2.75, 3.05) is 31.1 Å². The fourth-order valence-corrected chi connectivity index (χ4v) is 3.14. The number of halogens is 1. The first kappa shape index (κ1) is 14.8. The van der Waals surface area contributed by atoms with Crippen LogP contribution in [0.25, 0.3) is 0 Å². The summed E-state index contributed by atoms with van der Waals surface area (Å²) in [5.41, 5.74) is 0.756. The van der Waals surface area contributed by atoms with Crippen molar-refractivity contribution in [2.24, 2.45) is 0 Å². The Morgan fingerprint density at radius 1 is 1.27 bits per heavy atom. The SMILES string of the molecule is Cc1nnc(CC(=O)N2CCN(c3cncc(F)c3)CC2)s1. The highest BCUT2D eigenvalue weighted by molar-refractivity contribution is 7.11. The highest BCUT2D eigenvalue weighted by Crippen LogP contribution is 2.17. The monoisotopic (exact) mass is 321 g/mol. The van der Waals surface area contributed by atoms with Gasteiger partial charge in [0, 0.05) is 32.2 Å². The molecule has 1 amide bonds. The number of hydrogen-bond acceptors (Lipinski definition) is 6. The largest absolute Gasteiger partial charge is 0.367 e. The van der Waals surface area contributed by atoms with Gasteiger partial charge in [-0.2, -0.15) is 0 Å². The normalized spacial score (nSPS) is 15.2. The van der Waals surface area contributed by atoms with E-state index in [9.17, 15) is 9.18 Å². The van der Waals surface area contributed by atoms with Crippen molar-refractivity contribution >= 4 is 22.9 Å². The molecule has 22 heavy (non-hydrogen) atoms. The summed E-state index contributed by atoms with van der Waals surface area (Å²) in [6.07, 6.45) is 3.13. The van der Waals surface area contributed by atoms with Gasteiger partial charge in [0.15, 0.2) is 0 Å². The molecule has 8 heteroatoms. The summed E-state index contributed by atoms with van der Waals surface area (Å²) < 4.78 is 13.2. The van der Waals surface area contributed by atoms with Crippen molar-refractivity contribution in [1.82, 2.24) is 20.1 Å². The fourth-order valence-electron chi connectivity index (χ4n) is 2.44. The maximum atomic E-state index is 13.2. The van der Waals surface area contributed by atoms with Crippen molar-refractivity contribution in [3.8, 4) is 0 Å². The Hall–Kier alpha value is -2.09. The Morgan fingerprint density at radius 3 is 2.68 bits per heavy atom. The third-order valence-corrected chi connectivity index (χ3v) is 4.40. The molecular weight excluding hydrogens is 305 g/mol. The molecule has 1 saturated heterocycles. The number of aryl methyl sites for hydroxylation is 1. The molecule has 1 aliphatic rings. The van der Waals surface area contributed by atoms with Crippen molar-refractivity contribution in [1.29, 1.82) is 0 Å². The van der Waals surface area contributed by atoms with Gasteiger partial charge in [-0.25, -0.2) is 4.39 Å².